The van der Waals surface area contributed by atoms with E-state index < -0.39 is 17.4 Å². The Morgan fingerprint density at radius 3 is 2.86 bits per heavy atom. The molecule has 1 aliphatic heterocycles. The smallest absolute Gasteiger partial charge is 0.326 e. The van der Waals surface area contributed by atoms with E-state index in [1.165, 1.54) is 5.56 Å². The molecule has 1 atom stereocenters. The van der Waals surface area contributed by atoms with Gasteiger partial charge in [0, 0.05) is 50.7 Å². The second-order valence-corrected chi connectivity index (χ2v) is 9.59. The molecular formula is C27H36N4O5. The van der Waals surface area contributed by atoms with Gasteiger partial charge in [-0.25, -0.2) is 9.78 Å². The molecule has 0 saturated heterocycles. The number of nitrogens with zero attached hydrogens (tertiary/aromatic N) is 2. The number of methoxy groups -OCH3 is 1. The summed E-state index contributed by atoms with van der Waals surface area (Å²) in [7, 11) is 1.60. The van der Waals surface area contributed by atoms with Gasteiger partial charge >= 0.3 is 5.97 Å². The quantitative estimate of drug-likeness (QED) is 0.341. The van der Waals surface area contributed by atoms with Gasteiger partial charge in [0.1, 0.15) is 11.9 Å². The molecule has 9 nitrogen and oxygen atoms in total. The number of aromatic nitrogens is 2. The number of fused-ring (bicyclic) bond motifs is 1. The van der Waals surface area contributed by atoms with Gasteiger partial charge in [-0.3, -0.25) is 9.78 Å². The summed E-state index contributed by atoms with van der Waals surface area (Å²) in [6.45, 7) is 2.15. The predicted molar refractivity (Wildman–Crippen MR) is 135 cm³/mol. The summed E-state index contributed by atoms with van der Waals surface area (Å²) in [5.41, 5.74) is 3.12. The molecule has 0 aromatic carbocycles. The van der Waals surface area contributed by atoms with Crippen LogP contribution in [0.25, 0.3) is 0 Å². The van der Waals surface area contributed by atoms with Crippen LogP contribution in [0.15, 0.2) is 30.5 Å². The summed E-state index contributed by atoms with van der Waals surface area (Å²) in [4.78, 5) is 34.0. The lowest BCUT2D eigenvalue weighted by molar-refractivity contribution is -0.142. The third-order valence-electron chi connectivity index (χ3n) is 6.91. The van der Waals surface area contributed by atoms with Gasteiger partial charge in [-0.1, -0.05) is 12.1 Å². The minimum atomic E-state index is -1.06. The molecule has 2 aromatic rings. The number of aryl methyl sites for hydroxylation is 2. The molecule has 3 N–H and O–H groups in total. The van der Waals surface area contributed by atoms with Crippen LogP contribution in [0.2, 0.25) is 0 Å². The number of nitrogens with one attached hydrogen (secondary N) is 2. The Balaban J connectivity index is 1.19. The SMILES string of the molecule is COCc1cccnc1C1(C(=O)N[C@@H](CCOCCCCc2ccc3c(n2)NCCC3)C(=O)O)CC1. The third kappa shape index (κ3) is 6.39. The fourth-order valence-electron chi connectivity index (χ4n) is 4.71. The van der Waals surface area contributed by atoms with Crippen LogP contribution in [0.5, 0.6) is 0 Å². The summed E-state index contributed by atoms with van der Waals surface area (Å²) in [5, 5.41) is 15.7. The number of carbonyl (C=O) groups excluding carboxylic acids is 1. The predicted octanol–water partition coefficient (Wildman–Crippen LogP) is 3.01. The molecule has 1 amide bonds. The molecule has 0 spiro atoms. The van der Waals surface area contributed by atoms with E-state index in [0.717, 1.165) is 55.7 Å². The van der Waals surface area contributed by atoms with Crippen LogP contribution in [-0.4, -0.2) is 59.9 Å². The molecule has 0 unspecified atom stereocenters. The van der Waals surface area contributed by atoms with E-state index >= 15 is 0 Å². The van der Waals surface area contributed by atoms with E-state index in [9.17, 15) is 14.7 Å². The van der Waals surface area contributed by atoms with Gasteiger partial charge in [-0.15, -0.1) is 0 Å². The van der Waals surface area contributed by atoms with Crippen molar-refractivity contribution in [3.63, 3.8) is 0 Å². The minimum absolute atomic E-state index is 0.211. The lowest BCUT2D eigenvalue weighted by Crippen LogP contribution is -2.46. The second-order valence-electron chi connectivity index (χ2n) is 9.59. The normalized spacial score (nSPS) is 16.5. The first-order chi connectivity index (χ1) is 17.5. The van der Waals surface area contributed by atoms with Crippen molar-refractivity contribution in [1.82, 2.24) is 15.3 Å². The van der Waals surface area contributed by atoms with E-state index in [1.807, 2.05) is 12.1 Å². The highest BCUT2D eigenvalue weighted by atomic mass is 16.5. The van der Waals surface area contributed by atoms with Gasteiger partial charge in [0.2, 0.25) is 5.91 Å². The fourth-order valence-corrected chi connectivity index (χ4v) is 4.71. The zero-order valence-corrected chi connectivity index (χ0v) is 20.9. The molecule has 2 aliphatic rings. The van der Waals surface area contributed by atoms with Crippen molar-refractivity contribution in [2.75, 3.05) is 32.2 Å². The molecule has 1 saturated carbocycles. The summed E-state index contributed by atoms with van der Waals surface area (Å²) in [6, 6.07) is 6.96. The molecule has 194 valence electrons. The average Bonchev–Trinajstić information content (AvgIpc) is 3.70. The Morgan fingerprint density at radius 2 is 2.08 bits per heavy atom. The monoisotopic (exact) mass is 496 g/mol. The highest BCUT2D eigenvalue weighted by Crippen LogP contribution is 2.48. The van der Waals surface area contributed by atoms with Crippen LogP contribution in [-0.2, 0) is 43.9 Å². The second kappa shape index (κ2) is 12.3. The Labute approximate surface area is 212 Å². The van der Waals surface area contributed by atoms with Gasteiger partial charge in [0.15, 0.2) is 0 Å². The zero-order chi connectivity index (χ0) is 25.4. The molecule has 9 heteroatoms. The number of carboxylic acid groups (broad SMARTS) is 1. The van der Waals surface area contributed by atoms with Crippen LogP contribution < -0.4 is 10.6 Å². The van der Waals surface area contributed by atoms with Gasteiger partial charge in [-0.2, -0.15) is 0 Å². The number of amides is 1. The standard InChI is InChI=1S/C27H36N4O5/c1-35-18-20-7-5-14-28-23(20)27(12-13-27)26(34)31-22(25(32)33)11-17-36-16-3-2-8-21-10-9-19-6-4-15-29-24(19)30-21/h5,7,9-10,14,22H,2-4,6,8,11-13,15-18H2,1H3,(H,29,30)(H,31,34)(H,32,33)/t22-/m0/s1. The average molecular weight is 497 g/mol. The molecule has 1 aliphatic carbocycles. The van der Waals surface area contributed by atoms with E-state index in [-0.39, 0.29) is 18.9 Å². The highest BCUT2D eigenvalue weighted by Gasteiger charge is 2.54. The van der Waals surface area contributed by atoms with E-state index in [4.69, 9.17) is 14.5 Å². The first kappa shape index (κ1) is 26.0. The Bertz CT molecular complexity index is 1060. The van der Waals surface area contributed by atoms with Crippen molar-refractivity contribution in [2.45, 2.75) is 69.4 Å². The number of hydrogen-bond donors (Lipinski definition) is 3. The number of unbranched alkanes of at least 4 members (excludes halogenated alkanes) is 1. The van der Waals surface area contributed by atoms with Crippen molar-refractivity contribution in [3.8, 4) is 0 Å². The van der Waals surface area contributed by atoms with E-state index in [2.05, 4.69) is 27.8 Å². The Kier molecular flexibility index (Phi) is 8.88. The molecule has 3 heterocycles. The number of carboxylic acids is 1. The molecule has 2 aromatic heterocycles. The van der Waals surface area contributed by atoms with Crippen LogP contribution in [0.1, 0.15) is 61.0 Å². The maximum atomic E-state index is 13.1. The van der Waals surface area contributed by atoms with Crippen molar-refractivity contribution in [2.24, 2.45) is 0 Å². The number of ether oxygens (including phenoxy) is 2. The van der Waals surface area contributed by atoms with Crippen LogP contribution in [0.4, 0.5) is 5.82 Å². The first-order valence-electron chi connectivity index (χ1n) is 12.8. The minimum Gasteiger partial charge on any atom is -0.480 e. The highest BCUT2D eigenvalue weighted by molar-refractivity contribution is 5.93. The van der Waals surface area contributed by atoms with Gasteiger partial charge < -0.3 is 25.2 Å². The lowest BCUT2D eigenvalue weighted by Gasteiger charge is -2.21. The van der Waals surface area contributed by atoms with E-state index in [0.29, 0.717) is 31.7 Å². The Morgan fingerprint density at radius 1 is 1.22 bits per heavy atom. The van der Waals surface area contributed by atoms with Gasteiger partial charge in [-0.05, 0) is 62.6 Å². The molecule has 4 rings (SSSR count). The molecule has 36 heavy (non-hydrogen) atoms. The molecule has 0 radical (unpaired) electrons. The molecular weight excluding hydrogens is 460 g/mol. The topological polar surface area (TPSA) is 123 Å². The molecule has 1 fully saturated rings. The first-order valence-corrected chi connectivity index (χ1v) is 12.8. The summed E-state index contributed by atoms with van der Waals surface area (Å²) in [6.07, 6.45) is 8.08. The number of hydrogen-bond acceptors (Lipinski definition) is 7. The van der Waals surface area contributed by atoms with Gasteiger partial charge in [0.05, 0.1) is 17.7 Å². The van der Waals surface area contributed by atoms with Crippen LogP contribution in [0.3, 0.4) is 0 Å². The molecule has 0 bridgehead atoms. The number of rotatable bonds is 14. The Hall–Kier alpha value is -3.04. The third-order valence-corrected chi connectivity index (χ3v) is 6.91. The zero-order valence-electron chi connectivity index (χ0n) is 20.9. The fraction of sp³-hybridized carbons (Fsp3) is 0.556. The number of pyridine rings is 2. The van der Waals surface area contributed by atoms with E-state index in [1.54, 1.807) is 13.3 Å². The lowest BCUT2D eigenvalue weighted by atomic mass is 9.95. The van der Waals surface area contributed by atoms with Crippen LogP contribution >= 0.6 is 0 Å². The van der Waals surface area contributed by atoms with Crippen LogP contribution in [0, 0.1) is 0 Å². The summed E-state index contributed by atoms with van der Waals surface area (Å²) >= 11 is 0. The number of aliphatic carboxylic acids is 1. The number of anilines is 1. The summed E-state index contributed by atoms with van der Waals surface area (Å²) in [5.74, 6) is -0.339. The number of carbonyl (C=O) groups is 2. The van der Waals surface area contributed by atoms with Crippen molar-refractivity contribution in [3.05, 3.63) is 53.0 Å². The van der Waals surface area contributed by atoms with Crippen molar-refractivity contribution < 1.29 is 24.2 Å². The van der Waals surface area contributed by atoms with Gasteiger partial charge in [0.25, 0.3) is 0 Å². The largest absolute Gasteiger partial charge is 0.480 e. The maximum Gasteiger partial charge on any atom is 0.326 e. The maximum absolute atomic E-state index is 13.1. The summed E-state index contributed by atoms with van der Waals surface area (Å²) < 4.78 is 10.9. The van der Waals surface area contributed by atoms with Crippen molar-refractivity contribution in [1.29, 1.82) is 0 Å². The van der Waals surface area contributed by atoms with Crippen molar-refractivity contribution >= 4 is 17.7 Å².